The molecule has 1 aromatic heterocycles. The van der Waals surface area contributed by atoms with Crippen LogP contribution in [0, 0.1) is 0 Å². The minimum Gasteiger partial charge on any atom is -0.369 e. The summed E-state index contributed by atoms with van der Waals surface area (Å²) in [6, 6.07) is 22.5. The molecule has 0 aliphatic carbocycles. The topological polar surface area (TPSA) is 90.0 Å². The number of amides is 1. The van der Waals surface area contributed by atoms with Gasteiger partial charge in [0, 0.05) is 37.6 Å². The largest absolute Gasteiger partial charge is 0.369 e. The molecule has 6 nitrogen and oxygen atoms in total. The summed E-state index contributed by atoms with van der Waals surface area (Å²) >= 11 is 24.4. The standard InChI is InChI=1S/C27H18Cl4N4O2/c28-15-6-10-18(21(31)12-15)26(36)33-17-9-11-22-23(13-17)35-25(34-22)14-4-7-16(8-5-14)32-27(37)24-19(29)2-1-3-20(24)30/h1-13,27,32,37H,(H,33,36)(H,34,35). The van der Waals surface area contributed by atoms with Crippen molar-refractivity contribution >= 4 is 74.7 Å². The molecule has 5 aromatic rings. The van der Waals surface area contributed by atoms with Crippen LogP contribution >= 0.6 is 46.4 Å². The SMILES string of the molecule is O=C(Nc1ccc2nc(-c3ccc(NC(O)c4c(Cl)cccc4Cl)cc3)[nH]c2c1)c1ccc(Cl)cc1Cl. The molecule has 0 saturated carbocycles. The number of fused-ring (bicyclic) bond motifs is 1. The van der Waals surface area contributed by atoms with Crippen LogP contribution in [0.15, 0.2) is 78.9 Å². The number of halogens is 4. The second-order valence-corrected chi connectivity index (χ2v) is 9.81. The van der Waals surface area contributed by atoms with E-state index >= 15 is 0 Å². The van der Waals surface area contributed by atoms with Crippen LogP contribution in [0.2, 0.25) is 20.1 Å². The van der Waals surface area contributed by atoms with Gasteiger partial charge >= 0.3 is 0 Å². The molecule has 0 aliphatic rings. The normalized spacial score (nSPS) is 11.9. The maximum atomic E-state index is 12.6. The van der Waals surface area contributed by atoms with Gasteiger partial charge in [-0.25, -0.2) is 4.98 Å². The Morgan fingerprint density at radius 2 is 1.54 bits per heavy atom. The van der Waals surface area contributed by atoms with Gasteiger partial charge < -0.3 is 20.7 Å². The molecule has 4 N–H and O–H groups in total. The number of benzene rings is 4. The second kappa shape index (κ2) is 10.6. The third kappa shape index (κ3) is 5.54. The Kier molecular flexibility index (Phi) is 7.29. The molecule has 5 rings (SSSR count). The molecule has 1 amide bonds. The summed E-state index contributed by atoms with van der Waals surface area (Å²) < 4.78 is 0. The van der Waals surface area contributed by atoms with Crippen molar-refractivity contribution in [1.82, 2.24) is 9.97 Å². The Balaban J connectivity index is 1.32. The number of H-pyrrole nitrogens is 1. The van der Waals surface area contributed by atoms with Gasteiger partial charge in [-0.15, -0.1) is 0 Å². The highest BCUT2D eigenvalue weighted by molar-refractivity contribution is 6.37. The van der Waals surface area contributed by atoms with Crippen LogP contribution in [0.1, 0.15) is 22.1 Å². The Labute approximate surface area is 232 Å². The van der Waals surface area contributed by atoms with E-state index in [-0.39, 0.29) is 10.9 Å². The summed E-state index contributed by atoms with van der Waals surface area (Å²) in [5.41, 5.74) is 4.33. The van der Waals surface area contributed by atoms with E-state index in [1.807, 2.05) is 30.3 Å². The van der Waals surface area contributed by atoms with E-state index in [1.165, 1.54) is 6.07 Å². The molecule has 1 unspecified atom stereocenters. The first-order valence-electron chi connectivity index (χ1n) is 11.0. The lowest BCUT2D eigenvalue weighted by molar-refractivity contribution is 0.102. The highest BCUT2D eigenvalue weighted by Crippen LogP contribution is 2.32. The molecule has 0 fully saturated rings. The van der Waals surface area contributed by atoms with Crippen molar-refractivity contribution in [3.63, 3.8) is 0 Å². The van der Waals surface area contributed by atoms with Crippen molar-refractivity contribution in [2.24, 2.45) is 0 Å². The monoisotopic (exact) mass is 570 g/mol. The fraction of sp³-hybridized carbons (Fsp3) is 0.0370. The number of imidazole rings is 1. The van der Waals surface area contributed by atoms with Crippen molar-refractivity contribution in [3.8, 4) is 11.4 Å². The molecular weight excluding hydrogens is 554 g/mol. The van der Waals surface area contributed by atoms with Gasteiger partial charge in [0.1, 0.15) is 5.82 Å². The predicted octanol–water partition coefficient (Wildman–Crippen LogP) is 8.20. The first-order chi connectivity index (χ1) is 17.8. The summed E-state index contributed by atoms with van der Waals surface area (Å²) in [7, 11) is 0. The van der Waals surface area contributed by atoms with Crippen LogP contribution in [0.5, 0.6) is 0 Å². The first-order valence-corrected chi connectivity index (χ1v) is 12.5. The van der Waals surface area contributed by atoms with E-state index in [4.69, 9.17) is 46.4 Å². The molecule has 0 spiro atoms. The number of rotatable bonds is 6. The summed E-state index contributed by atoms with van der Waals surface area (Å²) in [4.78, 5) is 20.6. The lowest BCUT2D eigenvalue weighted by atomic mass is 10.1. The minimum atomic E-state index is -1.07. The van der Waals surface area contributed by atoms with Crippen molar-refractivity contribution in [2.75, 3.05) is 10.6 Å². The van der Waals surface area contributed by atoms with Gasteiger partial charge in [0.2, 0.25) is 0 Å². The zero-order valence-electron chi connectivity index (χ0n) is 18.9. The number of nitrogens with zero attached hydrogens (tertiary/aromatic N) is 1. The third-order valence-corrected chi connectivity index (χ3v) is 6.86. The molecular formula is C27H18Cl4N4O2. The molecule has 0 saturated heterocycles. The predicted molar refractivity (Wildman–Crippen MR) is 151 cm³/mol. The van der Waals surface area contributed by atoms with Crippen molar-refractivity contribution < 1.29 is 9.90 Å². The fourth-order valence-electron chi connectivity index (χ4n) is 3.82. The van der Waals surface area contributed by atoms with Gasteiger partial charge in [0.05, 0.1) is 21.6 Å². The van der Waals surface area contributed by atoms with E-state index in [0.717, 1.165) is 16.6 Å². The number of aliphatic hydroxyl groups is 1. The van der Waals surface area contributed by atoms with E-state index in [1.54, 1.807) is 42.5 Å². The number of carbonyl (C=O) groups is 1. The average molecular weight is 572 g/mol. The molecule has 1 atom stereocenters. The Hall–Kier alpha value is -3.26. The molecule has 186 valence electrons. The van der Waals surface area contributed by atoms with E-state index < -0.39 is 6.23 Å². The number of anilines is 2. The van der Waals surface area contributed by atoms with E-state index in [2.05, 4.69) is 20.6 Å². The van der Waals surface area contributed by atoms with Crippen LogP contribution in [-0.2, 0) is 0 Å². The van der Waals surface area contributed by atoms with E-state index in [0.29, 0.717) is 43.4 Å². The smallest absolute Gasteiger partial charge is 0.257 e. The maximum absolute atomic E-state index is 12.6. The quantitative estimate of drug-likeness (QED) is 0.155. The van der Waals surface area contributed by atoms with Gasteiger partial charge in [-0.05, 0) is 72.8 Å². The van der Waals surface area contributed by atoms with Gasteiger partial charge in [0.15, 0.2) is 6.23 Å². The number of aromatic amines is 1. The fourth-order valence-corrected chi connectivity index (χ4v) is 4.92. The Bertz CT molecular complexity index is 1600. The second-order valence-electron chi connectivity index (χ2n) is 8.16. The third-order valence-electron chi connectivity index (χ3n) is 5.65. The first kappa shape index (κ1) is 25.4. The van der Waals surface area contributed by atoms with Gasteiger partial charge in [0.25, 0.3) is 5.91 Å². The lowest BCUT2D eigenvalue weighted by Gasteiger charge is -2.17. The summed E-state index contributed by atoms with van der Waals surface area (Å²) in [5, 5.41) is 17.9. The van der Waals surface area contributed by atoms with Crippen LogP contribution in [0.4, 0.5) is 11.4 Å². The van der Waals surface area contributed by atoms with Crippen LogP contribution in [0.3, 0.4) is 0 Å². The van der Waals surface area contributed by atoms with Crippen LogP contribution < -0.4 is 10.6 Å². The molecule has 1 heterocycles. The number of aromatic nitrogens is 2. The number of nitrogens with one attached hydrogen (secondary N) is 3. The van der Waals surface area contributed by atoms with E-state index in [9.17, 15) is 9.90 Å². The lowest BCUT2D eigenvalue weighted by Crippen LogP contribution is -2.12. The summed E-state index contributed by atoms with van der Waals surface area (Å²) in [5.74, 6) is 0.310. The van der Waals surface area contributed by atoms with Crippen molar-refractivity contribution in [3.05, 3.63) is 110 Å². The Morgan fingerprint density at radius 3 is 2.24 bits per heavy atom. The molecule has 0 radical (unpaired) electrons. The van der Waals surface area contributed by atoms with Crippen molar-refractivity contribution in [2.45, 2.75) is 6.23 Å². The van der Waals surface area contributed by atoms with Crippen LogP contribution in [0.25, 0.3) is 22.4 Å². The highest BCUT2D eigenvalue weighted by Gasteiger charge is 2.16. The minimum absolute atomic E-state index is 0.273. The summed E-state index contributed by atoms with van der Waals surface area (Å²) in [6.45, 7) is 0. The average Bonchev–Trinajstić information content (AvgIpc) is 3.28. The maximum Gasteiger partial charge on any atom is 0.257 e. The molecule has 0 bridgehead atoms. The molecule has 4 aromatic carbocycles. The number of hydrogen-bond donors (Lipinski definition) is 4. The number of carbonyl (C=O) groups excluding carboxylic acids is 1. The van der Waals surface area contributed by atoms with Crippen molar-refractivity contribution in [1.29, 1.82) is 0 Å². The summed E-state index contributed by atoms with van der Waals surface area (Å²) in [6.07, 6.45) is -1.07. The molecule has 0 aliphatic heterocycles. The van der Waals surface area contributed by atoms with Crippen LogP contribution in [-0.4, -0.2) is 21.0 Å². The Morgan fingerprint density at radius 1 is 0.838 bits per heavy atom. The van der Waals surface area contributed by atoms with Gasteiger partial charge in [-0.1, -0.05) is 52.5 Å². The molecule has 10 heteroatoms. The number of hydrogen-bond acceptors (Lipinski definition) is 4. The van der Waals surface area contributed by atoms with Gasteiger partial charge in [-0.3, -0.25) is 4.79 Å². The highest BCUT2D eigenvalue weighted by atomic mass is 35.5. The zero-order valence-corrected chi connectivity index (χ0v) is 21.9. The van der Waals surface area contributed by atoms with Gasteiger partial charge in [-0.2, -0.15) is 0 Å². The molecule has 37 heavy (non-hydrogen) atoms. The zero-order chi connectivity index (χ0) is 26.1. The number of aliphatic hydroxyl groups excluding tert-OH is 1.